The van der Waals surface area contributed by atoms with Crippen molar-refractivity contribution in [1.29, 1.82) is 0 Å². The van der Waals surface area contributed by atoms with E-state index in [0.29, 0.717) is 42.9 Å². The van der Waals surface area contributed by atoms with Crippen LogP contribution in [0.4, 0.5) is 25.3 Å². The smallest absolute Gasteiger partial charge is 0.263 e. The molecule has 166 valence electrons. The fraction of sp³-hybridized carbons (Fsp3) is 0.238. The molecule has 0 aliphatic carbocycles. The third-order valence-corrected chi connectivity index (χ3v) is 7.89. The fourth-order valence-corrected chi connectivity index (χ4v) is 5.98. The number of hydrogen-bond acceptors (Lipinski definition) is 6. The maximum absolute atomic E-state index is 13.8. The molecule has 32 heavy (non-hydrogen) atoms. The number of amides is 1. The zero-order chi connectivity index (χ0) is 22.5. The van der Waals surface area contributed by atoms with Crippen molar-refractivity contribution >= 4 is 43.8 Å². The molecule has 11 heteroatoms. The monoisotopic (exact) mass is 476 g/mol. The van der Waals surface area contributed by atoms with Gasteiger partial charge in [-0.15, -0.1) is 11.3 Å². The molecular formula is C21H18F2N4O3S2. The summed E-state index contributed by atoms with van der Waals surface area (Å²) in [4.78, 5) is 20.5. The average Bonchev–Trinajstić information content (AvgIpc) is 3.49. The molecule has 2 aliphatic rings. The third-order valence-electron chi connectivity index (χ3n) is 5.72. The number of nitrogens with one attached hydrogen (secondary N) is 1. The van der Waals surface area contributed by atoms with Crippen molar-refractivity contribution in [3.05, 3.63) is 65.2 Å². The van der Waals surface area contributed by atoms with E-state index >= 15 is 0 Å². The second-order valence-electron chi connectivity index (χ2n) is 7.57. The first-order valence-electron chi connectivity index (χ1n) is 9.92. The van der Waals surface area contributed by atoms with Gasteiger partial charge in [0.25, 0.3) is 10.0 Å². The Morgan fingerprint density at radius 2 is 1.84 bits per heavy atom. The van der Waals surface area contributed by atoms with Gasteiger partial charge in [-0.25, -0.2) is 22.2 Å². The maximum Gasteiger partial charge on any atom is 0.263 e. The van der Waals surface area contributed by atoms with E-state index in [1.165, 1.54) is 35.7 Å². The Kier molecular flexibility index (Phi) is 5.09. The van der Waals surface area contributed by atoms with E-state index in [9.17, 15) is 22.0 Å². The van der Waals surface area contributed by atoms with E-state index in [4.69, 9.17) is 0 Å². The number of nitrogens with zero attached hydrogens (tertiary/aromatic N) is 3. The molecule has 1 unspecified atom stereocenters. The molecule has 3 aromatic rings. The highest BCUT2D eigenvalue weighted by Crippen LogP contribution is 2.35. The highest BCUT2D eigenvalue weighted by atomic mass is 32.2. The molecule has 0 radical (unpaired) electrons. The van der Waals surface area contributed by atoms with E-state index in [2.05, 4.69) is 9.71 Å². The first kappa shape index (κ1) is 20.8. The van der Waals surface area contributed by atoms with Crippen LogP contribution in [0.25, 0.3) is 0 Å². The standard InChI is InChI=1S/C21H18F2N4O3S2/c22-16-11-13-5-8-27(19(13)12-17(16)23)18-6-9-26(20(18)28)14-1-3-15(4-2-14)32(29,30)25-21-24-7-10-31-21/h1-4,7,10-12,18H,5-6,8-9H2,(H,24,25). The Bertz CT molecular complexity index is 1280. The third kappa shape index (κ3) is 3.61. The number of carbonyl (C=O) groups is 1. The number of thiazole rings is 1. The Labute approximate surface area is 187 Å². The molecule has 1 saturated heterocycles. The first-order chi connectivity index (χ1) is 15.3. The highest BCUT2D eigenvalue weighted by molar-refractivity contribution is 7.93. The molecular weight excluding hydrogens is 458 g/mol. The molecule has 7 nitrogen and oxygen atoms in total. The van der Waals surface area contributed by atoms with Crippen LogP contribution in [0.2, 0.25) is 0 Å². The number of fused-ring (bicyclic) bond motifs is 1. The van der Waals surface area contributed by atoms with Crippen LogP contribution in [0, 0.1) is 11.6 Å². The van der Waals surface area contributed by atoms with Gasteiger partial charge in [0.1, 0.15) is 6.04 Å². The molecule has 1 N–H and O–H groups in total. The zero-order valence-electron chi connectivity index (χ0n) is 16.7. The van der Waals surface area contributed by atoms with Crippen molar-refractivity contribution in [3.63, 3.8) is 0 Å². The van der Waals surface area contributed by atoms with E-state index < -0.39 is 27.7 Å². The molecule has 1 aromatic heterocycles. The summed E-state index contributed by atoms with van der Waals surface area (Å²) in [6, 6.07) is 7.93. The number of anilines is 3. The van der Waals surface area contributed by atoms with Gasteiger partial charge in [-0.05, 0) is 48.7 Å². The van der Waals surface area contributed by atoms with E-state index in [0.717, 1.165) is 6.07 Å². The molecule has 3 heterocycles. The number of carbonyl (C=O) groups excluding carboxylic acids is 1. The highest BCUT2D eigenvalue weighted by Gasteiger charge is 2.39. The van der Waals surface area contributed by atoms with E-state index in [1.807, 2.05) is 4.90 Å². The summed E-state index contributed by atoms with van der Waals surface area (Å²) in [5, 5.41) is 1.94. The predicted molar refractivity (Wildman–Crippen MR) is 118 cm³/mol. The van der Waals surface area contributed by atoms with Gasteiger partial charge in [0.2, 0.25) is 5.91 Å². The first-order valence-corrected chi connectivity index (χ1v) is 12.3. The van der Waals surface area contributed by atoms with Gasteiger partial charge >= 0.3 is 0 Å². The van der Waals surface area contributed by atoms with Crippen molar-refractivity contribution in [2.75, 3.05) is 27.6 Å². The molecule has 1 atom stereocenters. The van der Waals surface area contributed by atoms with Crippen LogP contribution in [0.15, 0.2) is 52.9 Å². The lowest BCUT2D eigenvalue weighted by atomic mass is 10.1. The number of rotatable bonds is 5. The maximum atomic E-state index is 13.8. The largest absolute Gasteiger partial charge is 0.359 e. The summed E-state index contributed by atoms with van der Waals surface area (Å²) < 4.78 is 54.7. The van der Waals surface area contributed by atoms with Crippen LogP contribution in [0.3, 0.4) is 0 Å². The normalized spacial score (nSPS) is 18.3. The van der Waals surface area contributed by atoms with Gasteiger partial charge in [0.15, 0.2) is 16.8 Å². The Balaban J connectivity index is 1.33. The van der Waals surface area contributed by atoms with Gasteiger partial charge in [-0.2, -0.15) is 0 Å². The van der Waals surface area contributed by atoms with Gasteiger partial charge < -0.3 is 9.80 Å². The van der Waals surface area contributed by atoms with Gasteiger partial charge in [-0.3, -0.25) is 9.52 Å². The zero-order valence-corrected chi connectivity index (χ0v) is 18.3. The van der Waals surface area contributed by atoms with Crippen molar-refractivity contribution < 1.29 is 22.0 Å². The van der Waals surface area contributed by atoms with Gasteiger partial charge in [0.05, 0.1) is 4.90 Å². The lowest BCUT2D eigenvalue weighted by molar-refractivity contribution is -0.118. The minimum absolute atomic E-state index is 0.0608. The van der Waals surface area contributed by atoms with Gasteiger partial charge in [-0.1, -0.05) is 0 Å². The molecule has 2 aromatic carbocycles. The topological polar surface area (TPSA) is 82.6 Å². The minimum atomic E-state index is -3.78. The molecule has 0 saturated carbocycles. The molecule has 2 aliphatic heterocycles. The number of hydrogen-bond donors (Lipinski definition) is 1. The van der Waals surface area contributed by atoms with E-state index in [-0.39, 0.29) is 15.9 Å². The number of aromatic nitrogens is 1. The SMILES string of the molecule is O=C1C(N2CCc3cc(F)c(F)cc32)CCN1c1ccc(S(=O)(=O)Nc2nccs2)cc1. The van der Waals surface area contributed by atoms with Crippen LogP contribution >= 0.6 is 11.3 Å². The van der Waals surface area contributed by atoms with Crippen molar-refractivity contribution in [2.24, 2.45) is 0 Å². The van der Waals surface area contributed by atoms with E-state index in [1.54, 1.807) is 22.4 Å². The summed E-state index contributed by atoms with van der Waals surface area (Å²) in [7, 11) is -3.78. The summed E-state index contributed by atoms with van der Waals surface area (Å²) in [6.07, 6.45) is 2.59. The average molecular weight is 477 g/mol. The summed E-state index contributed by atoms with van der Waals surface area (Å²) in [5.74, 6) is -1.97. The Morgan fingerprint density at radius 1 is 1.09 bits per heavy atom. The molecule has 0 bridgehead atoms. The van der Waals surface area contributed by atoms with Crippen molar-refractivity contribution in [3.8, 4) is 0 Å². The summed E-state index contributed by atoms with van der Waals surface area (Å²) in [5.41, 5.74) is 1.83. The molecule has 5 rings (SSSR count). The lowest BCUT2D eigenvalue weighted by Gasteiger charge is -2.26. The Morgan fingerprint density at radius 3 is 2.56 bits per heavy atom. The molecule has 1 fully saturated rings. The number of halogens is 2. The predicted octanol–water partition coefficient (Wildman–Crippen LogP) is 3.39. The Hall–Kier alpha value is -3.05. The van der Waals surface area contributed by atoms with Crippen LogP contribution in [0.5, 0.6) is 0 Å². The van der Waals surface area contributed by atoms with Crippen molar-refractivity contribution in [2.45, 2.75) is 23.8 Å². The van der Waals surface area contributed by atoms with Crippen LogP contribution in [-0.2, 0) is 21.2 Å². The van der Waals surface area contributed by atoms with Gasteiger partial charge in [0, 0.05) is 42.1 Å². The van der Waals surface area contributed by atoms with Crippen LogP contribution in [-0.4, -0.2) is 38.4 Å². The van der Waals surface area contributed by atoms with Crippen molar-refractivity contribution in [1.82, 2.24) is 4.98 Å². The fourth-order valence-electron chi connectivity index (χ4n) is 4.19. The second kappa shape index (κ2) is 7.82. The summed E-state index contributed by atoms with van der Waals surface area (Å²) >= 11 is 1.17. The molecule has 0 spiro atoms. The number of benzene rings is 2. The lowest BCUT2D eigenvalue weighted by Crippen LogP contribution is -2.41. The number of sulfonamides is 1. The summed E-state index contributed by atoms with van der Waals surface area (Å²) in [6.45, 7) is 0.963. The second-order valence-corrected chi connectivity index (χ2v) is 10.1. The van der Waals surface area contributed by atoms with Crippen LogP contribution in [0.1, 0.15) is 12.0 Å². The minimum Gasteiger partial charge on any atom is -0.359 e. The molecule has 1 amide bonds. The quantitative estimate of drug-likeness (QED) is 0.611. The van der Waals surface area contributed by atoms with Crippen LogP contribution < -0.4 is 14.5 Å².